The van der Waals surface area contributed by atoms with Crippen molar-refractivity contribution in [3.8, 4) is 0 Å². The van der Waals surface area contributed by atoms with Crippen molar-refractivity contribution in [2.45, 2.75) is 13.3 Å². The molecule has 2 heteroatoms. The molecule has 0 saturated heterocycles. The Balaban J connectivity index is 2.89. The minimum atomic E-state index is 0.192. The summed E-state index contributed by atoms with van der Waals surface area (Å²) in [4.78, 5) is 10.9. The lowest BCUT2D eigenvalue weighted by Gasteiger charge is -2.05. The first-order valence-corrected chi connectivity index (χ1v) is 3.99. The minimum Gasteiger partial charge on any atom is -0.388 e. The molecule has 0 unspecified atom stereocenters. The van der Waals surface area contributed by atoms with Crippen molar-refractivity contribution in [1.82, 2.24) is 0 Å². The maximum atomic E-state index is 10.9. The van der Waals surface area contributed by atoms with E-state index in [2.05, 4.69) is 5.32 Å². The summed E-state index contributed by atoms with van der Waals surface area (Å²) in [5, 5.41) is 3.05. The maximum absolute atomic E-state index is 10.9. The van der Waals surface area contributed by atoms with Crippen LogP contribution in [0.25, 0.3) is 0 Å². The summed E-state index contributed by atoms with van der Waals surface area (Å²) in [5.74, 6) is 0.192. The molecule has 12 heavy (non-hydrogen) atoms. The van der Waals surface area contributed by atoms with E-state index in [9.17, 15) is 4.79 Å². The van der Waals surface area contributed by atoms with Crippen LogP contribution in [0.4, 0.5) is 5.69 Å². The number of Topliss-reactive ketones (excluding diaryl/α,β-unsaturated/α-hetero) is 1. The van der Waals surface area contributed by atoms with Crippen molar-refractivity contribution in [1.29, 1.82) is 0 Å². The van der Waals surface area contributed by atoms with Crippen LogP contribution in [-0.2, 0) is 11.2 Å². The second kappa shape index (κ2) is 3.90. The molecular weight excluding hydrogens is 150 g/mol. The van der Waals surface area contributed by atoms with E-state index >= 15 is 0 Å². The van der Waals surface area contributed by atoms with E-state index in [-0.39, 0.29) is 5.78 Å². The predicted octanol–water partition coefficient (Wildman–Crippen LogP) is 1.86. The summed E-state index contributed by atoms with van der Waals surface area (Å²) in [6, 6.07) is 7.83. The van der Waals surface area contributed by atoms with Crippen molar-refractivity contribution in [2.75, 3.05) is 12.4 Å². The summed E-state index contributed by atoms with van der Waals surface area (Å²) in [6.07, 6.45) is 0.511. The standard InChI is InChI=1S/C10H13NO/c1-8(12)7-9-5-3-4-6-10(9)11-2/h3-6,11H,7H2,1-2H3. The van der Waals surface area contributed by atoms with Gasteiger partial charge < -0.3 is 5.32 Å². The number of carbonyl (C=O) groups excluding carboxylic acids is 1. The molecule has 0 fully saturated rings. The summed E-state index contributed by atoms with van der Waals surface area (Å²) in [7, 11) is 1.86. The van der Waals surface area contributed by atoms with E-state index in [0.29, 0.717) is 6.42 Å². The van der Waals surface area contributed by atoms with Crippen LogP contribution in [0.5, 0.6) is 0 Å². The van der Waals surface area contributed by atoms with Crippen LogP contribution in [0.15, 0.2) is 24.3 Å². The Morgan fingerprint density at radius 3 is 2.67 bits per heavy atom. The van der Waals surface area contributed by atoms with E-state index in [4.69, 9.17) is 0 Å². The maximum Gasteiger partial charge on any atom is 0.134 e. The van der Waals surface area contributed by atoms with Gasteiger partial charge in [-0.2, -0.15) is 0 Å². The molecule has 0 aliphatic rings. The third kappa shape index (κ3) is 2.09. The third-order valence-corrected chi connectivity index (χ3v) is 1.73. The average Bonchev–Trinajstić information content (AvgIpc) is 2.04. The van der Waals surface area contributed by atoms with Crippen molar-refractivity contribution in [3.05, 3.63) is 29.8 Å². The molecule has 0 radical (unpaired) electrons. The van der Waals surface area contributed by atoms with Gasteiger partial charge in [0.25, 0.3) is 0 Å². The van der Waals surface area contributed by atoms with E-state index in [1.54, 1.807) is 6.92 Å². The summed E-state index contributed by atoms with van der Waals surface area (Å²) < 4.78 is 0. The third-order valence-electron chi connectivity index (χ3n) is 1.73. The number of carbonyl (C=O) groups is 1. The number of nitrogens with one attached hydrogen (secondary N) is 1. The first-order valence-electron chi connectivity index (χ1n) is 3.99. The van der Waals surface area contributed by atoms with Gasteiger partial charge in [0.05, 0.1) is 0 Å². The summed E-state index contributed by atoms with van der Waals surface area (Å²) >= 11 is 0. The summed E-state index contributed by atoms with van der Waals surface area (Å²) in [6.45, 7) is 1.60. The van der Waals surface area contributed by atoms with Crippen LogP contribution >= 0.6 is 0 Å². The number of benzene rings is 1. The van der Waals surface area contributed by atoms with E-state index in [0.717, 1.165) is 11.3 Å². The molecule has 2 nitrogen and oxygen atoms in total. The van der Waals surface area contributed by atoms with Crippen molar-refractivity contribution < 1.29 is 4.79 Å². The molecule has 0 heterocycles. The lowest BCUT2D eigenvalue weighted by atomic mass is 10.1. The zero-order valence-electron chi connectivity index (χ0n) is 7.42. The molecule has 1 N–H and O–H groups in total. The number of hydrogen-bond acceptors (Lipinski definition) is 2. The van der Waals surface area contributed by atoms with Gasteiger partial charge in [-0.15, -0.1) is 0 Å². The first kappa shape index (κ1) is 8.78. The van der Waals surface area contributed by atoms with Crippen LogP contribution in [0.3, 0.4) is 0 Å². The van der Waals surface area contributed by atoms with Crippen LogP contribution < -0.4 is 5.32 Å². The van der Waals surface area contributed by atoms with Crippen molar-refractivity contribution >= 4 is 11.5 Å². The molecular formula is C10H13NO. The molecule has 0 aliphatic heterocycles. The van der Waals surface area contributed by atoms with Crippen LogP contribution in [-0.4, -0.2) is 12.8 Å². The van der Waals surface area contributed by atoms with Gasteiger partial charge in [0.1, 0.15) is 5.78 Å². The Labute approximate surface area is 72.6 Å². The lowest BCUT2D eigenvalue weighted by Crippen LogP contribution is -2.00. The molecule has 0 aliphatic carbocycles. The van der Waals surface area contributed by atoms with E-state index < -0.39 is 0 Å². The molecule has 1 aromatic carbocycles. The zero-order valence-corrected chi connectivity index (χ0v) is 7.42. The highest BCUT2D eigenvalue weighted by atomic mass is 16.1. The van der Waals surface area contributed by atoms with Crippen LogP contribution in [0, 0.1) is 0 Å². The topological polar surface area (TPSA) is 29.1 Å². The van der Waals surface area contributed by atoms with Gasteiger partial charge in [0.2, 0.25) is 0 Å². The lowest BCUT2D eigenvalue weighted by molar-refractivity contribution is -0.116. The second-order valence-electron chi connectivity index (χ2n) is 2.79. The van der Waals surface area contributed by atoms with Crippen LogP contribution in [0.1, 0.15) is 12.5 Å². The minimum absolute atomic E-state index is 0.192. The van der Waals surface area contributed by atoms with Crippen molar-refractivity contribution in [3.63, 3.8) is 0 Å². The number of anilines is 1. The number of para-hydroxylation sites is 1. The molecule has 0 amide bonds. The summed E-state index contributed by atoms with van der Waals surface area (Å²) in [5.41, 5.74) is 2.10. The SMILES string of the molecule is CNc1ccccc1CC(C)=O. The van der Waals surface area contributed by atoms with Gasteiger partial charge in [-0.1, -0.05) is 18.2 Å². The van der Waals surface area contributed by atoms with Crippen molar-refractivity contribution in [2.24, 2.45) is 0 Å². The molecule has 1 rings (SSSR count). The molecule has 0 bridgehead atoms. The molecule has 0 atom stereocenters. The average molecular weight is 163 g/mol. The van der Waals surface area contributed by atoms with Gasteiger partial charge in [0, 0.05) is 19.2 Å². The highest BCUT2D eigenvalue weighted by molar-refractivity contribution is 5.80. The molecule has 0 spiro atoms. The first-order chi connectivity index (χ1) is 5.74. The van der Waals surface area contributed by atoms with Gasteiger partial charge >= 0.3 is 0 Å². The fraction of sp³-hybridized carbons (Fsp3) is 0.300. The Morgan fingerprint density at radius 2 is 2.08 bits per heavy atom. The Morgan fingerprint density at radius 1 is 1.42 bits per heavy atom. The monoisotopic (exact) mass is 163 g/mol. The highest BCUT2D eigenvalue weighted by Gasteiger charge is 2.01. The van der Waals surface area contributed by atoms with Gasteiger partial charge in [0.15, 0.2) is 0 Å². The van der Waals surface area contributed by atoms with E-state index in [1.165, 1.54) is 0 Å². The fourth-order valence-corrected chi connectivity index (χ4v) is 1.19. The molecule has 0 saturated carbocycles. The quantitative estimate of drug-likeness (QED) is 0.736. The van der Waals surface area contributed by atoms with Crippen LogP contribution in [0.2, 0.25) is 0 Å². The van der Waals surface area contributed by atoms with Gasteiger partial charge in [-0.25, -0.2) is 0 Å². The highest BCUT2D eigenvalue weighted by Crippen LogP contribution is 2.14. The number of rotatable bonds is 3. The second-order valence-corrected chi connectivity index (χ2v) is 2.79. The number of hydrogen-bond donors (Lipinski definition) is 1. The normalized spacial score (nSPS) is 9.50. The van der Waals surface area contributed by atoms with E-state index in [1.807, 2.05) is 31.3 Å². The predicted molar refractivity (Wildman–Crippen MR) is 50.4 cm³/mol. The largest absolute Gasteiger partial charge is 0.388 e. The fourth-order valence-electron chi connectivity index (χ4n) is 1.19. The van der Waals surface area contributed by atoms with Gasteiger partial charge in [-0.05, 0) is 18.6 Å². The smallest absolute Gasteiger partial charge is 0.134 e. The van der Waals surface area contributed by atoms with Gasteiger partial charge in [-0.3, -0.25) is 4.79 Å². The molecule has 0 aromatic heterocycles. The Kier molecular flexibility index (Phi) is 2.86. The Hall–Kier alpha value is -1.31. The molecule has 64 valence electrons. The zero-order chi connectivity index (χ0) is 8.97. The Bertz CT molecular complexity index is 281. The molecule has 1 aromatic rings. The number of ketones is 1.